The number of piperidine rings is 1. The topological polar surface area (TPSA) is 114 Å². The Bertz CT molecular complexity index is 1510. The van der Waals surface area contributed by atoms with Crippen LogP contribution in [0.5, 0.6) is 11.8 Å². The molecule has 2 aromatic carbocycles. The van der Waals surface area contributed by atoms with E-state index in [-0.39, 0.29) is 17.7 Å². The molecule has 1 amide bonds. The number of ketones is 1. The van der Waals surface area contributed by atoms with E-state index in [0.29, 0.717) is 56.0 Å². The van der Waals surface area contributed by atoms with Crippen molar-refractivity contribution in [3.05, 3.63) is 71.0 Å². The molecule has 2 aliphatic carbocycles. The monoisotopic (exact) mass is 540 g/mol. The smallest absolute Gasteiger partial charge is 0.316 e. The van der Waals surface area contributed by atoms with Crippen molar-refractivity contribution in [2.24, 2.45) is 0 Å². The Morgan fingerprint density at radius 1 is 1.15 bits per heavy atom. The van der Waals surface area contributed by atoms with Crippen LogP contribution in [0.3, 0.4) is 0 Å². The number of aliphatic hydroxyl groups is 1. The van der Waals surface area contributed by atoms with Crippen molar-refractivity contribution in [2.75, 3.05) is 27.2 Å². The summed E-state index contributed by atoms with van der Waals surface area (Å²) in [5.74, 6) is 0.279. The van der Waals surface area contributed by atoms with Crippen LogP contribution >= 0.6 is 0 Å². The van der Waals surface area contributed by atoms with Gasteiger partial charge in [-0.1, -0.05) is 30.3 Å². The molecule has 4 atom stereocenters. The number of nitrogens with one attached hydrogen (secondary N) is 1. The fourth-order valence-corrected chi connectivity index (χ4v) is 7.58. The van der Waals surface area contributed by atoms with E-state index < -0.39 is 17.1 Å². The summed E-state index contributed by atoms with van der Waals surface area (Å²) >= 11 is 0. The van der Waals surface area contributed by atoms with E-state index in [4.69, 9.17) is 9.47 Å². The van der Waals surface area contributed by atoms with Crippen molar-refractivity contribution < 1.29 is 24.2 Å². The summed E-state index contributed by atoms with van der Waals surface area (Å²) in [6, 6.07) is 12.1. The van der Waals surface area contributed by atoms with Crippen molar-refractivity contribution >= 4 is 11.7 Å². The number of methoxy groups -OCH3 is 1. The summed E-state index contributed by atoms with van der Waals surface area (Å²) in [4.78, 5) is 37.1. The van der Waals surface area contributed by atoms with Crippen LogP contribution < -0.4 is 14.8 Å². The van der Waals surface area contributed by atoms with Gasteiger partial charge < -0.3 is 24.8 Å². The molecule has 3 heterocycles. The average molecular weight is 541 g/mol. The van der Waals surface area contributed by atoms with Crippen molar-refractivity contribution in [2.45, 2.75) is 55.3 Å². The lowest BCUT2D eigenvalue weighted by Crippen LogP contribution is -2.76. The molecule has 4 aliphatic rings. The summed E-state index contributed by atoms with van der Waals surface area (Å²) < 4.78 is 11.4. The molecule has 9 heteroatoms. The summed E-state index contributed by atoms with van der Waals surface area (Å²) in [6.07, 6.45) is 5.41. The molecule has 7 rings (SSSR count). The third-order valence-corrected chi connectivity index (χ3v) is 9.59. The summed E-state index contributed by atoms with van der Waals surface area (Å²) in [5, 5.41) is 15.2. The Labute approximate surface area is 232 Å². The molecular formula is C31H32N4O5. The Balaban J connectivity index is 1.10. The second kappa shape index (κ2) is 9.11. The number of nitrogens with zero attached hydrogens (tertiary/aromatic N) is 3. The molecule has 1 spiro atoms. The van der Waals surface area contributed by atoms with Gasteiger partial charge in [0.05, 0.1) is 23.7 Å². The van der Waals surface area contributed by atoms with Crippen LogP contribution in [0.1, 0.15) is 46.3 Å². The van der Waals surface area contributed by atoms with Crippen molar-refractivity contribution in [1.29, 1.82) is 0 Å². The maximum absolute atomic E-state index is 13.4. The minimum absolute atomic E-state index is 0.0213. The molecular weight excluding hydrogens is 508 g/mol. The number of carbonyl (C=O) groups excluding carboxylic acids is 2. The number of likely N-dealkylation sites (tertiary alicyclic amines) is 1. The number of hydrogen-bond donors (Lipinski definition) is 2. The van der Waals surface area contributed by atoms with E-state index >= 15 is 0 Å². The highest BCUT2D eigenvalue weighted by Crippen LogP contribution is 2.63. The maximum Gasteiger partial charge on any atom is 0.316 e. The standard InChI is InChI=1S/C31H32N4O5/c1-35-14-12-30-25-20-7-8-22(26(25)40-27(30)23(36)9-11-31(30,38)24(35)15-20)28(37)32-13-10-18-3-5-19(6-4-18)21-16-33-29(39-2)34-17-21/h3-8,16-17,24,27,38H,9-15H2,1-2H3,(H,32,37)/t24-,27+,30+,31-/m1/s1. The van der Waals surface area contributed by atoms with Crippen LogP contribution in [-0.2, 0) is 23.1 Å². The van der Waals surface area contributed by atoms with Gasteiger partial charge in [0.2, 0.25) is 0 Å². The van der Waals surface area contributed by atoms with Crippen LogP contribution in [-0.4, -0.2) is 76.7 Å². The van der Waals surface area contributed by atoms with Gasteiger partial charge in [-0.25, -0.2) is 9.97 Å². The van der Waals surface area contributed by atoms with Crippen LogP contribution in [0.4, 0.5) is 0 Å². The highest BCUT2D eigenvalue weighted by atomic mass is 16.5. The van der Waals surface area contributed by atoms with E-state index in [1.54, 1.807) is 12.4 Å². The van der Waals surface area contributed by atoms with Gasteiger partial charge in [0.25, 0.3) is 5.91 Å². The van der Waals surface area contributed by atoms with Crippen molar-refractivity contribution in [3.8, 4) is 22.9 Å². The molecule has 0 unspecified atom stereocenters. The van der Waals surface area contributed by atoms with Gasteiger partial charge in [0.15, 0.2) is 11.9 Å². The van der Waals surface area contributed by atoms with Crippen LogP contribution in [0.15, 0.2) is 48.8 Å². The minimum Gasteiger partial charge on any atom is -0.480 e. The zero-order valence-corrected chi connectivity index (χ0v) is 22.6. The quantitative estimate of drug-likeness (QED) is 0.490. The number of benzene rings is 2. The summed E-state index contributed by atoms with van der Waals surface area (Å²) in [6.45, 7) is 1.23. The first-order valence-corrected chi connectivity index (χ1v) is 13.9. The van der Waals surface area contributed by atoms with Crippen LogP contribution in [0, 0.1) is 0 Å². The normalized spacial score (nSPS) is 28.0. The molecule has 1 aromatic heterocycles. The van der Waals surface area contributed by atoms with Gasteiger partial charge in [-0.05, 0) is 62.0 Å². The molecule has 2 N–H and O–H groups in total. The van der Waals surface area contributed by atoms with Gasteiger partial charge in [0, 0.05) is 42.5 Å². The molecule has 2 fully saturated rings. The molecule has 206 valence electrons. The molecule has 9 nitrogen and oxygen atoms in total. The van der Waals surface area contributed by atoms with Crippen LogP contribution in [0.25, 0.3) is 11.1 Å². The third-order valence-electron chi connectivity index (χ3n) is 9.59. The third kappa shape index (κ3) is 3.47. The molecule has 1 saturated carbocycles. The van der Waals surface area contributed by atoms with Gasteiger partial charge in [0.1, 0.15) is 5.75 Å². The lowest BCUT2D eigenvalue weighted by atomic mass is 9.49. The molecule has 1 saturated heterocycles. The first kappa shape index (κ1) is 25.2. The molecule has 0 radical (unpaired) electrons. The predicted octanol–water partition coefficient (Wildman–Crippen LogP) is 2.48. The fraction of sp³-hybridized carbons (Fsp3) is 0.419. The van der Waals surface area contributed by atoms with E-state index in [2.05, 4.69) is 20.2 Å². The maximum atomic E-state index is 13.4. The Morgan fingerprint density at radius 2 is 1.93 bits per heavy atom. The first-order valence-electron chi connectivity index (χ1n) is 13.9. The zero-order valence-electron chi connectivity index (χ0n) is 22.6. The Morgan fingerprint density at radius 3 is 2.67 bits per heavy atom. The second-order valence-electron chi connectivity index (χ2n) is 11.4. The summed E-state index contributed by atoms with van der Waals surface area (Å²) in [7, 11) is 3.58. The minimum atomic E-state index is -1.05. The number of hydrogen-bond acceptors (Lipinski definition) is 8. The fourth-order valence-electron chi connectivity index (χ4n) is 7.58. The van der Waals surface area contributed by atoms with Gasteiger partial charge in [-0.2, -0.15) is 0 Å². The number of amides is 1. The van der Waals surface area contributed by atoms with Gasteiger partial charge >= 0.3 is 6.01 Å². The Kier molecular flexibility index (Phi) is 5.73. The van der Waals surface area contributed by atoms with E-state index in [0.717, 1.165) is 34.4 Å². The van der Waals surface area contributed by atoms with Gasteiger partial charge in [-0.3, -0.25) is 9.59 Å². The zero-order chi connectivity index (χ0) is 27.6. The average Bonchev–Trinajstić information content (AvgIpc) is 3.33. The number of likely N-dealkylation sites (N-methyl/N-ethyl adjacent to an activating group) is 1. The van der Waals surface area contributed by atoms with Crippen molar-refractivity contribution in [3.63, 3.8) is 0 Å². The number of rotatable bonds is 6. The summed E-state index contributed by atoms with van der Waals surface area (Å²) in [5.41, 5.74) is 3.55. The molecule has 40 heavy (non-hydrogen) atoms. The van der Waals surface area contributed by atoms with E-state index in [1.165, 1.54) is 7.11 Å². The van der Waals surface area contributed by atoms with E-state index in [1.807, 2.05) is 43.4 Å². The number of Topliss-reactive ketones (excluding diaryl/α,β-unsaturated/α-hetero) is 1. The van der Waals surface area contributed by atoms with Gasteiger partial charge in [-0.15, -0.1) is 0 Å². The molecule has 2 bridgehead atoms. The highest BCUT2D eigenvalue weighted by Gasteiger charge is 2.72. The van der Waals surface area contributed by atoms with Crippen molar-refractivity contribution in [1.82, 2.24) is 20.2 Å². The number of aromatic nitrogens is 2. The second-order valence-corrected chi connectivity index (χ2v) is 11.4. The highest BCUT2D eigenvalue weighted by molar-refractivity contribution is 5.99. The number of carbonyl (C=O) groups is 2. The lowest BCUT2D eigenvalue weighted by molar-refractivity contribution is -0.185. The first-order chi connectivity index (χ1) is 19.4. The largest absolute Gasteiger partial charge is 0.480 e. The van der Waals surface area contributed by atoms with E-state index in [9.17, 15) is 14.7 Å². The molecule has 3 aromatic rings. The Hall–Kier alpha value is -3.82. The van der Waals surface area contributed by atoms with Crippen LogP contribution in [0.2, 0.25) is 0 Å². The SMILES string of the molecule is COc1ncc(-c2ccc(CCNC(=O)c3ccc4c5c3O[C@H]3C(=O)CC[C@@]6(O)[C@@H](C4)N(C)CC[C@]536)cc2)cn1. The number of ether oxygens (including phenoxy) is 2. The molecule has 2 aliphatic heterocycles. The predicted molar refractivity (Wildman–Crippen MR) is 147 cm³/mol. The lowest BCUT2D eigenvalue weighted by Gasteiger charge is -2.62.